The molecular weight excluding hydrogens is 320 g/mol. The van der Waals surface area contributed by atoms with Crippen LogP contribution in [-0.2, 0) is 16.0 Å². The lowest BCUT2D eigenvalue weighted by molar-refractivity contribution is -0.143. The van der Waals surface area contributed by atoms with E-state index in [0.717, 1.165) is 12.8 Å². The number of ether oxygens (including phenoxy) is 1. The zero-order valence-electron chi connectivity index (χ0n) is 10.3. The fourth-order valence-corrected chi connectivity index (χ4v) is 2.11. The number of nitrogens with zero attached hydrogens (tertiary/aromatic N) is 1. The van der Waals surface area contributed by atoms with E-state index >= 15 is 0 Å². The number of aromatic amines is 1. The average molecular weight is 335 g/mol. The maximum atomic E-state index is 11.6. The van der Waals surface area contributed by atoms with Gasteiger partial charge in [0.1, 0.15) is 0 Å². The van der Waals surface area contributed by atoms with Crippen LogP contribution in [0.5, 0.6) is 0 Å². The van der Waals surface area contributed by atoms with Crippen LogP contribution in [0, 0.1) is 0 Å². The van der Waals surface area contributed by atoms with Crippen LogP contribution in [0.2, 0.25) is 0 Å². The lowest BCUT2D eigenvalue weighted by atomic mass is 10.3. The summed E-state index contributed by atoms with van der Waals surface area (Å²) in [5, 5.41) is 0.593. The van der Waals surface area contributed by atoms with E-state index < -0.39 is 0 Å². The molecule has 0 aliphatic carbocycles. The van der Waals surface area contributed by atoms with Crippen LogP contribution < -0.4 is 5.56 Å². The minimum Gasteiger partial charge on any atom is -0.465 e. The van der Waals surface area contributed by atoms with Gasteiger partial charge >= 0.3 is 5.97 Å². The summed E-state index contributed by atoms with van der Waals surface area (Å²) in [4.78, 5) is 29.6. The van der Waals surface area contributed by atoms with Crippen molar-refractivity contribution in [2.45, 2.75) is 31.2 Å². The third-order valence-electron chi connectivity index (χ3n) is 2.19. The minimum absolute atomic E-state index is 0.0647. The third-order valence-corrected chi connectivity index (χ3v) is 3.47. The summed E-state index contributed by atoms with van der Waals surface area (Å²) < 4.78 is 5.24. The molecular formula is C11H15BrN2O3S. The molecule has 0 amide bonds. The molecule has 0 fully saturated rings. The fourth-order valence-electron chi connectivity index (χ4n) is 1.25. The first-order chi connectivity index (χ1) is 8.58. The highest BCUT2D eigenvalue weighted by atomic mass is 79.9. The molecule has 1 N–H and O–H groups in total. The van der Waals surface area contributed by atoms with Gasteiger partial charge in [-0.1, -0.05) is 13.3 Å². The van der Waals surface area contributed by atoms with Gasteiger partial charge in [-0.15, -0.1) is 11.8 Å². The number of aromatic nitrogens is 2. The Morgan fingerprint density at radius 3 is 2.89 bits per heavy atom. The van der Waals surface area contributed by atoms with Crippen molar-refractivity contribution in [3.05, 3.63) is 20.7 Å². The molecule has 0 aliphatic heterocycles. The summed E-state index contributed by atoms with van der Waals surface area (Å²) >= 11 is 4.39. The summed E-state index contributed by atoms with van der Waals surface area (Å²) in [6.45, 7) is 2.45. The van der Waals surface area contributed by atoms with Crippen molar-refractivity contribution in [1.29, 1.82) is 0 Å². The van der Waals surface area contributed by atoms with Gasteiger partial charge in [-0.05, 0) is 28.6 Å². The predicted molar refractivity (Wildman–Crippen MR) is 73.9 cm³/mol. The second-order valence-corrected chi connectivity index (χ2v) is 5.16. The molecule has 0 saturated heterocycles. The maximum absolute atomic E-state index is 11.6. The van der Waals surface area contributed by atoms with Crippen LogP contribution in [0.15, 0.2) is 14.4 Å². The smallest absolute Gasteiger partial charge is 0.311 e. The van der Waals surface area contributed by atoms with Crippen LogP contribution in [0.4, 0.5) is 0 Å². The van der Waals surface area contributed by atoms with E-state index in [9.17, 15) is 9.59 Å². The van der Waals surface area contributed by atoms with Gasteiger partial charge in [-0.3, -0.25) is 9.59 Å². The van der Waals surface area contributed by atoms with E-state index in [4.69, 9.17) is 4.74 Å². The van der Waals surface area contributed by atoms with Crippen LogP contribution in [0.25, 0.3) is 0 Å². The summed E-state index contributed by atoms with van der Waals surface area (Å²) in [7, 11) is 0. The molecule has 1 rings (SSSR count). The Balaban J connectivity index is 2.74. The van der Waals surface area contributed by atoms with Gasteiger partial charge in [-0.25, -0.2) is 4.98 Å². The highest BCUT2D eigenvalue weighted by Gasteiger charge is 2.13. The first-order valence-electron chi connectivity index (χ1n) is 5.56. The number of unbranched alkanes of at least 4 members (excludes halogenated alkanes) is 1. The van der Waals surface area contributed by atoms with Crippen molar-refractivity contribution >= 4 is 33.7 Å². The summed E-state index contributed by atoms with van der Waals surface area (Å²) in [6.07, 6.45) is 3.71. The quantitative estimate of drug-likeness (QED) is 0.490. The lowest BCUT2D eigenvalue weighted by Gasteiger charge is -2.07. The Morgan fingerprint density at radius 2 is 2.28 bits per heavy atom. The number of hydrogen-bond acceptors (Lipinski definition) is 5. The molecule has 0 unspecified atom stereocenters. The number of thioether (sulfide) groups is 1. The molecule has 0 atom stereocenters. The number of halogens is 1. The second-order valence-electron chi connectivity index (χ2n) is 3.59. The van der Waals surface area contributed by atoms with Gasteiger partial charge in [0.15, 0.2) is 4.60 Å². The van der Waals surface area contributed by atoms with Gasteiger partial charge in [0.05, 0.1) is 23.7 Å². The molecule has 0 radical (unpaired) electrons. The highest BCUT2D eigenvalue weighted by Crippen LogP contribution is 2.16. The van der Waals surface area contributed by atoms with Crippen molar-refractivity contribution < 1.29 is 9.53 Å². The van der Waals surface area contributed by atoms with Gasteiger partial charge in [0.2, 0.25) is 0 Å². The Bertz CT molecular complexity index is 476. The van der Waals surface area contributed by atoms with Crippen molar-refractivity contribution in [1.82, 2.24) is 9.97 Å². The Kier molecular flexibility index (Phi) is 6.42. The highest BCUT2D eigenvalue weighted by molar-refractivity contribution is 9.10. The van der Waals surface area contributed by atoms with E-state index in [1.807, 2.05) is 13.2 Å². The molecule has 0 saturated carbocycles. The molecule has 7 heteroatoms. The van der Waals surface area contributed by atoms with Crippen molar-refractivity contribution in [3.63, 3.8) is 0 Å². The van der Waals surface area contributed by atoms with Crippen LogP contribution in [0.1, 0.15) is 25.5 Å². The number of H-pyrrole nitrogens is 1. The molecule has 0 spiro atoms. The summed E-state index contributed by atoms with van der Waals surface area (Å²) in [5.74, 6) is -0.329. The number of hydrogen-bond donors (Lipinski definition) is 1. The topological polar surface area (TPSA) is 72.0 Å². The zero-order valence-corrected chi connectivity index (χ0v) is 12.7. The van der Waals surface area contributed by atoms with E-state index in [1.54, 1.807) is 0 Å². The molecule has 5 nitrogen and oxygen atoms in total. The largest absolute Gasteiger partial charge is 0.465 e. The van der Waals surface area contributed by atoms with Crippen LogP contribution >= 0.6 is 27.7 Å². The number of rotatable bonds is 6. The first-order valence-corrected chi connectivity index (χ1v) is 7.58. The lowest BCUT2D eigenvalue weighted by Crippen LogP contribution is -2.17. The molecule has 18 heavy (non-hydrogen) atoms. The maximum Gasteiger partial charge on any atom is 0.311 e. The van der Waals surface area contributed by atoms with Gasteiger partial charge in [0.25, 0.3) is 5.56 Å². The standard InChI is InChI=1S/C11H15BrN2O3S/c1-3-4-5-17-8(15)6-7-11(18-2)14-10(16)9(12)13-7/h3-6H2,1-2H3,(H,14,16). The molecule has 100 valence electrons. The molecule has 0 aromatic carbocycles. The Labute approximate surface area is 118 Å². The SMILES string of the molecule is CCCCOC(=O)Cc1nc(Br)c(=O)[nH]c1SC. The van der Waals surface area contributed by atoms with Crippen molar-refractivity contribution in [3.8, 4) is 0 Å². The average Bonchev–Trinajstić information content (AvgIpc) is 2.34. The Hall–Kier alpha value is -0.820. The van der Waals surface area contributed by atoms with Crippen molar-refractivity contribution in [2.75, 3.05) is 12.9 Å². The summed E-state index contributed by atoms with van der Waals surface area (Å²) in [5.41, 5.74) is 0.220. The minimum atomic E-state index is -0.329. The zero-order chi connectivity index (χ0) is 13.5. The molecule has 1 heterocycles. The van der Waals surface area contributed by atoms with E-state index in [1.165, 1.54) is 11.8 Å². The number of esters is 1. The first kappa shape index (κ1) is 15.2. The number of nitrogens with one attached hydrogen (secondary N) is 1. The predicted octanol–water partition coefficient (Wildman–Crippen LogP) is 2.14. The monoisotopic (exact) mass is 334 g/mol. The molecule has 1 aromatic rings. The second kappa shape index (κ2) is 7.58. The van der Waals surface area contributed by atoms with Crippen LogP contribution in [0.3, 0.4) is 0 Å². The van der Waals surface area contributed by atoms with Gasteiger partial charge in [0, 0.05) is 0 Å². The third kappa shape index (κ3) is 4.45. The van der Waals surface area contributed by atoms with E-state index in [2.05, 4.69) is 25.9 Å². The fraction of sp³-hybridized carbons (Fsp3) is 0.545. The normalized spacial score (nSPS) is 10.4. The number of carbonyl (C=O) groups excluding carboxylic acids is 1. The van der Waals surface area contributed by atoms with E-state index in [-0.39, 0.29) is 22.6 Å². The van der Waals surface area contributed by atoms with Gasteiger partial charge < -0.3 is 9.72 Å². The Morgan fingerprint density at radius 1 is 1.56 bits per heavy atom. The van der Waals surface area contributed by atoms with E-state index in [0.29, 0.717) is 17.3 Å². The van der Waals surface area contributed by atoms with Crippen molar-refractivity contribution in [2.24, 2.45) is 0 Å². The summed E-state index contributed by atoms with van der Waals surface area (Å²) in [6, 6.07) is 0. The van der Waals surface area contributed by atoms with Crippen LogP contribution in [-0.4, -0.2) is 28.8 Å². The molecule has 0 bridgehead atoms. The number of carbonyl (C=O) groups is 1. The molecule has 1 aromatic heterocycles. The van der Waals surface area contributed by atoms with Gasteiger partial charge in [-0.2, -0.15) is 0 Å². The molecule has 0 aliphatic rings.